The van der Waals surface area contributed by atoms with E-state index in [2.05, 4.69) is 4.98 Å². The van der Waals surface area contributed by atoms with Crippen molar-refractivity contribution >= 4 is 17.3 Å². The molecule has 4 rings (SSSR count). The first-order valence-corrected chi connectivity index (χ1v) is 10.0. The van der Waals surface area contributed by atoms with E-state index < -0.39 is 17.7 Å². The van der Waals surface area contributed by atoms with Crippen molar-refractivity contribution in [1.29, 1.82) is 0 Å². The van der Waals surface area contributed by atoms with Crippen LogP contribution in [0.4, 0.5) is 0 Å². The number of hydrogen-bond acceptors (Lipinski definition) is 5. The predicted octanol–water partition coefficient (Wildman–Crippen LogP) is 4.05. The molecule has 0 saturated carbocycles. The molecular weight excluding hydrogens is 374 g/mol. The fourth-order valence-corrected chi connectivity index (χ4v) is 4.83. The summed E-state index contributed by atoms with van der Waals surface area (Å²) in [6, 6.07) is 18.7. The van der Waals surface area contributed by atoms with Gasteiger partial charge in [-0.05, 0) is 30.4 Å². The van der Waals surface area contributed by atoms with Gasteiger partial charge in [-0.25, -0.2) is 9.78 Å². The summed E-state index contributed by atoms with van der Waals surface area (Å²) in [6.07, 6.45) is 1.68. The van der Waals surface area contributed by atoms with E-state index in [1.54, 1.807) is 0 Å². The minimum atomic E-state index is -1.32. The molecular formula is C22H21NO4S. The van der Waals surface area contributed by atoms with Crippen molar-refractivity contribution in [2.24, 2.45) is 0 Å². The molecule has 1 atom stereocenters. The van der Waals surface area contributed by atoms with E-state index in [0.29, 0.717) is 16.3 Å². The number of fused-ring (bicyclic) bond motifs is 1. The van der Waals surface area contributed by atoms with Crippen molar-refractivity contribution in [2.45, 2.75) is 31.0 Å². The minimum absolute atomic E-state index is 0.380. The molecule has 0 aliphatic heterocycles. The van der Waals surface area contributed by atoms with E-state index in [-0.39, 0.29) is 0 Å². The van der Waals surface area contributed by atoms with Crippen LogP contribution in [0.3, 0.4) is 0 Å². The van der Waals surface area contributed by atoms with Crippen LogP contribution in [-0.4, -0.2) is 29.3 Å². The van der Waals surface area contributed by atoms with E-state index >= 15 is 0 Å². The molecule has 2 aromatic carbocycles. The third kappa shape index (κ3) is 3.19. The molecule has 1 aromatic heterocycles. The van der Waals surface area contributed by atoms with E-state index in [9.17, 15) is 9.90 Å². The van der Waals surface area contributed by atoms with E-state index in [1.165, 1.54) is 23.3 Å². The monoisotopic (exact) mass is 395 g/mol. The number of thiazole rings is 1. The summed E-state index contributed by atoms with van der Waals surface area (Å²) in [6.45, 7) is 0. The molecule has 144 valence electrons. The average molecular weight is 395 g/mol. The number of methoxy groups -OCH3 is 1. The Morgan fingerprint density at radius 3 is 2.18 bits per heavy atom. The van der Waals surface area contributed by atoms with Crippen LogP contribution in [0, 0.1) is 0 Å². The lowest BCUT2D eigenvalue weighted by molar-refractivity contribution is -0.160. The van der Waals surface area contributed by atoms with E-state index in [1.807, 2.05) is 60.7 Å². The second-order valence-corrected chi connectivity index (χ2v) is 7.76. The van der Waals surface area contributed by atoms with Gasteiger partial charge in [0.25, 0.3) is 5.19 Å². The van der Waals surface area contributed by atoms with E-state index in [0.717, 1.165) is 25.0 Å². The number of carbonyl (C=O) groups is 1. The highest BCUT2D eigenvalue weighted by molar-refractivity contribution is 7.13. The molecule has 3 aromatic rings. The van der Waals surface area contributed by atoms with Crippen LogP contribution in [0.1, 0.15) is 28.1 Å². The van der Waals surface area contributed by atoms with Crippen LogP contribution in [0.15, 0.2) is 60.7 Å². The third-order valence-corrected chi connectivity index (χ3v) is 6.16. The highest BCUT2D eigenvalue weighted by atomic mass is 32.1. The average Bonchev–Trinajstić information content (AvgIpc) is 3.31. The lowest BCUT2D eigenvalue weighted by Crippen LogP contribution is -2.50. The van der Waals surface area contributed by atoms with E-state index in [4.69, 9.17) is 9.47 Å². The molecule has 0 saturated heterocycles. The number of ether oxygens (including phenoxy) is 2. The number of benzene rings is 2. The summed E-state index contributed by atoms with van der Waals surface area (Å²) in [4.78, 5) is 18.1. The Bertz CT molecular complexity index is 894. The van der Waals surface area contributed by atoms with Crippen LogP contribution >= 0.6 is 11.3 Å². The molecule has 0 radical (unpaired) electrons. The summed E-state index contributed by atoms with van der Waals surface area (Å²) in [5.74, 6) is -1.11. The molecule has 0 spiro atoms. The summed E-state index contributed by atoms with van der Waals surface area (Å²) in [5.41, 5.74) is 1.12. The number of carboxylic acids is 1. The first-order valence-electron chi connectivity index (χ1n) is 9.19. The maximum absolute atomic E-state index is 12.4. The van der Waals surface area contributed by atoms with Gasteiger partial charge >= 0.3 is 5.97 Å². The summed E-state index contributed by atoms with van der Waals surface area (Å²) < 4.78 is 12.0. The van der Waals surface area contributed by atoms with Gasteiger partial charge in [0.1, 0.15) is 0 Å². The molecule has 1 aliphatic rings. The number of rotatable bonds is 7. The van der Waals surface area contributed by atoms with Crippen LogP contribution in [0.5, 0.6) is 5.19 Å². The standard InChI is InChI=1S/C22H21NO4S/c1-26-22(15-9-4-2-5-10-15,16-11-6-3-7-12-16)19(20(24)25)27-21-23-17-13-8-14-18(17)28-21/h2-7,9-12,19H,8,13-14H2,1H3,(H,24,25). The molecule has 1 aliphatic carbocycles. The van der Waals surface area contributed by atoms with Crippen molar-refractivity contribution < 1.29 is 19.4 Å². The van der Waals surface area contributed by atoms with Crippen molar-refractivity contribution in [3.63, 3.8) is 0 Å². The first kappa shape index (κ1) is 18.7. The predicted molar refractivity (Wildman–Crippen MR) is 107 cm³/mol. The second kappa shape index (κ2) is 7.73. The van der Waals surface area contributed by atoms with Gasteiger partial charge in [-0.3, -0.25) is 0 Å². The van der Waals surface area contributed by atoms with Crippen LogP contribution < -0.4 is 4.74 Å². The number of aryl methyl sites for hydroxylation is 2. The lowest BCUT2D eigenvalue weighted by atomic mass is 9.81. The van der Waals surface area contributed by atoms with Gasteiger partial charge in [0, 0.05) is 12.0 Å². The van der Waals surface area contributed by atoms with Gasteiger partial charge in [-0.1, -0.05) is 72.0 Å². The SMILES string of the molecule is COC(c1ccccc1)(c1ccccc1)C(Oc1nc2c(s1)CCC2)C(=O)O. The van der Waals surface area contributed by atoms with Gasteiger partial charge < -0.3 is 14.6 Å². The number of hydrogen-bond donors (Lipinski definition) is 1. The fraction of sp³-hybridized carbons (Fsp3) is 0.273. The molecule has 1 unspecified atom stereocenters. The zero-order valence-electron chi connectivity index (χ0n) is 15.5. The van der Waals surface area contributed by atoms with Gasteiger partial charge in [0.05, 0.1) is 5.69 Å². The molecule has 0 bridgehead atoms. The Morgan fingerprint density at radius 2 is 1.68 bits per heavy atom. The normalized spacial score (nSPS) is 14.5. The number of aromatic nitrogens is 1. The van der Waals surface area contributed by atoms with Gasteiger partial charge in [-0.15, -0.1) is 0 Å². The maximum atomic E-state index is 12.4. The quantitative estimate of drug-likeness (QED) is 0.654. The molecule has 6 heteroatoms. The zero-order valence-corrected chi connectivity index (χ0v) is 16.3. The van der Waals surface area contributed by atoms with Crippen LogP contribution in [-0.2, 0) is 28.0 Å². The fourth-order valence-electron chi connectivity index (χ4n) is 3.81. The molecule has 1 heterocycles. The molecule has 0 fully saturated rings. The Labute approximate surface area is 167 Å². The van der Waals surface area contributed by atoms with Crippen molar-refractivity contribution in [2.75, 3.05) is 7.11 Å². The largest absolute Gasteiger partial charge is 0.478 e. The summed E-state index contributed by atoms with van der Waals surface area (Å²) in [7, 11) is 1.52. The third-order valence-electron chi connectivity index (χ3n) is 5.12. The number of nitrogens with zero attached hydrogens (tertiary/aromatic N) is 1. The Kier molecular flexibility index (Phi) is 5.15. The Morgan fingerprint density at radius 1 is 1.07 bits per heavy atom. The second-order valence-electron chi connectivity index (χ2n) is 6.71. The highest BCUT2D eigenvalue weighted by Crippen LogP contribution is 2.40. The van der Waals surface area contributed by atoms with Crippen LogP contribution in [0.2, 0.25) is 0 Å². The number of carboxylic acid groups (broad SMARTS) is 1. The maximum Gasteiger partial charge on any atom is 0.348 e. The van der Waals surface area contributed by atoms with Crippen LogP contribution in [0.25, 0.3) is 0 Å². The highest BCUT2D eigenvalue weighted by Gasteiger charge is 2.49. The van der Waals surface area contributed by atoms with Gasteiger partial charge in [0.2, 0.25) is 6.10 Å². The summed E-state index contributed by atoms with van der Waals surface area (Å²) >= 11 is 1.43. The van der Waals surface area contributed by atoms with Gasteiger partial charge in [0.15, 0.2) is 5.60 Å². The van der Waals surface area contributed by atoms with Crippen molar-refractivity contribution in [3.05, 3.63) is 82.4 Å². The molecule has 1 N–H and O–H groups in total. The first-order chi connectivity index (χ1) is 13.6. The molecule has 28 heavy (non-hydrogen) atoms. The lowest BCUT2D eigenvalue weighted by Gasteiger charge is -2.37. The number of aliphatic carboxylic acids is 1. The Hall–Kier alpha value is -2.70. The molecule has 5 nitrogen and oxygen atoms in total. The minimum Gasteiger partial charge on any atom is -0.478 e. The van der Waals surface area contributed by atoms with Crippen molar-refractivity contribution in [3.8, 4) is 5.19 Å². The smallest absolute Gasteiger partial charge is 0.348 e. The zero-order chi connectivity index (χ0) is 19.6. The topological polar surface area (TPSA) is 68.7 Å². The van der Waals surface area contributed by atoms with Gasteiger partial charge in [-0.2, -0.15) is 0 Å². The molecule has 0 amide bonds. The summed E-state index contributed by atoms with van der Waals surface area (Å²) in [5, 5.41) is 10.5. The van der Waals surface area contributed by atoms with Crippen molar-refractivity contribution in [1.82, 2.24) is 4.98 Å². The Balaban J connectivity index is 1.83.